The fourth-order valence-electron chi connectivity index (χ4n) is 1.30. The van der Waals surface area contributed by atoms with Gasteiger partial charge in [0.25, 0.3) is 5.56 Å². The van der Waals surface area contributed by atoms with Crippen molar-refractivity contribution >= 4 is 0 Å². The minimum Gasteiger partial charge on any atom is -0.326 e. The van der Waals surface area contributed by atoms with Crippen LogP contribution in [0.15, 0.2) is 16.9 Å². The first-order chi connectivity index (χ1) is 6.19. The lowest BCUT2D eigenvalue weighted by atomic mass is 10.0. The van der Waals surface area contributed by atoms with Crippen molar-refractivity contribution in [2.75, 3.05) is 0 Å². The normalized spacial score (nSPS) is 12.8. The van der Waals surface area contributed by atoms with Gasteiger partial charge in [0.15, 0.2) is 0 Å². The molecule has 0 spiro atoms. The van der Waals surface area contributed by atoms with E-state index >= 15 is 0 Å². The van der Waals surface area contributed by atoms with Crippen molar-refractivity contribution in [3.8, 4) is 0 Å². The molecule has 0 amide bonds. The van der Waals surface area contributed by atoms with Crippen molar-refractivity contribution < 1.29 is 0 Å². The highest BCUT2D eigenvalue weighted by atomic mass is 16.1. The molecular weight excluding hydrogens is 162 g/mol. The van der Waals surface area contributed by atoms with E-state index in [1.165, 1.54) is 0 Å². The SMILES string of the molecule is CCc1ccc(C(C)CC)[nH]c1=O. The molecule has 1 unspecified atom stereocenters. The zero-order valence-corrected chi connectivity index (χ0v) is 8.55. The summed E-state index contributed by atoms with van der Waals surface area (Å²) >= 11 is 0. The second-order valence-electron chi connectivity index (χ2n) is 3.43. The number of aromatic amines is 1. The number of nitrogens with one attached hydrogen (secondary N) is 1. The third-order valence-corrected chi connectivity index (χ3v) is 2.54. The predicted molar refractivity (Wildman–Crippen MR) is 55.1 cm³/mol. The van der Waals surface area contributed by atoms with Gasteiger partial charge in [-0.2, -0.15) is 0 Å². The highest BCUT2D eigenvalue weighted by Crippen LogP contribution is 2.14. The van der Waals surface area contributed by atoms with E-state index in [-0.39, 0.29) is 5.56 Å². The third-order valence-electron chi connectivity index (χ3n) is 2.54. The minimum absolute atomic E-state index is 0.0697. The van der Waals surface area contributed by atoms with Crippen LogP contribution in [0.4, 0.5) is 0 Å². The summed E-state index contributed by atoms with van der Waals surface area (Å²) in [6.07, 6.45) is 1.86. The highest BCUT2D eigenvalue weighted by Gasteiger charge is 2.04. The maximum atomic E-state index is 11.4. The molecule has 1 aromatic heterocycles. The van der Waals surface area contributed by atoms with Gasteiger partial charge in [0.05, 0.1) is 0 Å². The van der Waals surface area contributed by atoms with Gasteiger partial charge in [0.2, 0.25) is 0 Å². The highest BCUT2D eigenvalue weighted by molar-refractivity contribution is 5.16. The summed E-state index contributed by atoms with van der Waals surface area (Å²) in [5.74, 6) is 0.443. The Labute approximate surface area is 79.0 Å². The molecule has 0 saturated carbocycles. The molecule has 0 bridgehead atoms. The molecule has 0 saturated heterocycles. The quantitative estimate of drug-likeness (QED) is 0.759. The number of rotatable bonds is 3. The average Bonchev–Trinajstić information content (AvgIpc) is 2.16. The van der Waals surface area contributed by atoms with E-state index in [1.54, 1.807) is 0 Å². The van der Waals surface area contributed by atoms with E-state index in [1.807, 2.05) is 19.1 Å². The fraction of sp³-hybridized carbons (Fsp3) is 0.545. The number of hydrogen-bond acceptors (Lipinski definition) is 1. The fourth-order valence-corrected chi connectivity index (χ4v) is 1.30. The summed E-state index contributed by atoms with van der Waals surface area (Å²) in [5.41, 5.74) is 1.98. The summed E-state index contributed by atoms with van der Waals surface area (Å²) < 4.78 is 0. The molecule has 2 nitrogen and oxygen atoms in total. The van der Waals surface area contributed by atoms with E-state index < -0.39 is 0 Å². The average molecular weight is 179 g/mol. The number of aromatic nitrogens is 1. The predicted octanol–water partition coefficient (Wildman–Crippen LogP) is 2.45. The van der Waals surface area contributed by atoms with E-state index in [9.17, 15) is 4.79 Å². The molecule has 1 heterocycles. The summed E-state index contributed by atoms with van der Waals surface area (Å²) in [6.45, 7) is 6.24. The number of H-pyrrole nitrogens is 1. The van der Waals surface area contributed by atoms with Crippen molar-refractivity contribution in [1.29, 1.82) is 0 Å². The first-order valence-corrected chi connectivity index (χ1v) is 4.91. The number of pyridine rings is 1. The topological polar surface area (TPSA) is 32.9 Å². The van der Waals surface area contributed by atoms with Crippen LogP contribution in [0, 0.1) is 0 Å². The standard InChI is InChI=1S/C11H17NO/c1-4-8(3)10-7-6-9(5-2)11(13)12-10/h6-8H,4-5H2,1-3H3,(H,12,13). The Bertz CT molecular complexity index is 327. The Morgan fingerprint density at radius 1 is 1.38 bits per heavy atom. The molecule has 0 aromatic carbocycles. The van der Waals surface area contributed by atoms with E-state index in [0.717, 1.165) is 24.1 Å². The maximum Gasteiger partial charge on any atom is 0.251 e. The van der Waals surface area contributed by atoms with Gasteiger partial charge in [-0.3, -0.25) is 4.79 Å². The lowest BCUT2D eigenvalue weighted by molar-refractivity contribution is 0.703. The molecule has 0 aliphatic rings. The number of hydrogen-bond donors (Lipinski definition) is 1. The molecule has 1 atom stereocenters. The van der Waals surface area contributed by atoms with Gasteiger partial charge in [-0.05, 0) is 24.8 Å². The molecule has 0 radical (unpaired) electrons. The molecule has 13 heavy (non-hydrogen) atoms. The van der Waals surface area contributed by atoms with Crippen LogP contribution in [0.3, 0.4) is 0 Å². The van der Waals surface area contributed by atoms with Crippen molar-refractivity contribution in [3.05, 3.63) is 33.7 Å². The van der Waals surface area contributed by atoms with E-state index in [0.29, 0.717) is 5.92 Å². The summed E-state index contributed by atoms with van der Waals surface area (Å²) in [6, 6.07) is 3.95. The molecular formula is C11H17NO. The van der Waals surface area contributed by atoms with Gasteiger partial charge in [-0.1, -0.05) is 26.8 Å². The van der Waals surface area contributed by atoms with Crippen LogP contribution in [0.2, 0.25) is 0 Å². The second-order valence-corrected chi connectivity index (χ2v) is 3.43. The van der Waals surface area contributed by atoms with Crippen molar-refractivity contribution in [2.24, 2.45) is 0 Å². The molecule has 72 valence electrons. The smallest absolute Gasteiger partial charge is 0.251 e. The van der Waals surface area contributed by atoms with Gasteiger partial charge >= 0.3 is 0 Å². The van der Waals surface area contributed by atoms with Gasteiger partial charge in [0.1, 0.15) is 0 Å². The molecule has 0 aliphatic heterocycles. The van der Waals surface area contributed by atoms with Crippen molar-refractivity contribution in [1.82, 2.24) is 4.98 Å². The summed E-state index contributed by atoms with van der Waals surface area (Å²) in [4.78, 5) is 14.4. The Balaban J connectivity index is 3.03. The summed E-state index contributed by atoms with van der Waals surface area (Å²) in [5, 5.41) is 0. The molecule has 1 N–H and O–H groups in total. The maximum absolute atomic E-state index is 11.4. The Hall–Kier alpha value is -1.05. The zero-order chi connectivity index (χ0) is 9.84. The lowest BCUT2D eigenvalue weighted by Gasteiger charge is -2.08. The van der Waals surface area contributed by atoms with Crippen LogP contribution in [0.25, 0.3) is 0 Å². The Kier molecular flexibility index (Phi) is 3.29. The Morgan fingerprint density at radius 3 is 2.54 bits per heavy atom. The third kappa shape index (κ3) is 2.20. The zero-order valence-electron chi connectivity index (χ0n) is 8.55. The first kappa shape index (κ1) is 10.0. The Morgan fingerprint density at radius 2 is 2.08 bits per heavy atom. The van der Waals surface area contributed by atoms with Gasteiger partial charge in [-0.15, -0.1) is 0 Å². The molecule has 1 rings (SSSR count). The number of aryl methyl sites for hydroxylation is 1. The van der Waals surface area contributed by atoms with Crippen LogP contribution < -0.4 is 5.56 Å². The van der Waals surface area contributed by atoms with Crippen molar-refractivity contribution in [2.45, 2.75) is 39.5 Å². The lowest BCUT2D eigenvalue weighted by Crippen LogP contribution is -2.14. The van der Waals surface area contributed by atoms with E-state index in [4.69, 9.17) is 0 Å². The van der Waals surface area contributed by atoms with Gasteiger partial charge in [0, 0.05) is 11.3 Å². The monoisotopic (exact) mass is 179 g/mol. The second kappa shape index (κ2) is 4.26. The molecule has 1 aromatic rings. The van der Waals surface area contributed by atoms with Crippen LogP contribution in [-0.2, 0) is 6.42 Å². The van der Waals surface area contributed by atoms with Crippen molar-refractivity contribution in [3.63, 3.8) is 0 Å². The molecule has 0 aliphatic carbocycles. The van der Waals surface area contributed by atoms with Gasteiger partial charge < -0.3 is 4.98 Å². The van der Waals surface area contributed by atoms with Gasteiger partial charge in [-0.25, -0.2) is 0 Å². The molecule has 0 fully saturated rings. The minimum atomic E-state index is 0.0697. The molecule has 2 heteroatoms. The summed E-state index contributed by atoms with van der Waals surface area (Å²) in [7, 11) is 0. The van der Waals surface area contributed by atoms with Crippen LogP contribution in [0.5, 0.6) is 0 Å². The van der Waals surface area contributed by atoms with E-state index in [2.05, 4.69) is 18.8 Å². The first-order valence-electron chi connectivity index (χ1n) is 4.91. The van der Waals surface area contributed by atoms with Crippen LogP contribution in [0.1, 0.15) is 44.4 Å². The van der Waals surface area contributed by atoms with Crippen LogP contribution >= 0.6 is 0 Å². The van der Waals surface area contributed by atoms with Crippen LogP contribution in [-0.4, -0.2) is 4.98 Å². The largest absolute Gasteiger partial charge is 0.326 e.